The Kier molecular flexibility index (Phi) is 4.73. The average molecular weight is 393 g/mol. The highest BCUT2D eigenvalue weighted by atomic mass is 19.4. The maximum atomic E-state index is 12.3. The van der Waals surface area contributed by atoms with Gasteiger partial charge in [0, 0.05) is 37.1 Å². The molecule has 28 heavy (non-hydrogen) atoms. The van der Waals surface area contributed by atoms with E-state index in [1.807, 2.05) is 11.0 Å². The molecule has 0 aromatic carbocycles. The molecule has 0 radical (unpaired) electrons. The second-order valence-corrected chi connectivity index (χ2v) is 6.80. The van der Waals surface area contributed by atoms with Gasteiger partial charge in [-0.15, -0.1) is 10.2 Å². The highest BCUT2D eigenvalue weighted by Crippen LogP contribution is 2.30. The molecule has 1 unspecified atom stereocenters. The van der Waals surface area contributed by atoms with Gasteiger partial charge in [0.2, 0.25) is 5.91 Å². The molecule has 0 saturated carbocycles. The van der Waals surface area contributed by atoms with Crippen molar-refractivity contribution in [2.45, 2.75) is 37.9 Å². The number of nitrogens with zero attached hydrogens (tertiary/aromatic N) is 5. The van der Waals surface area contributed by atoms with Crippen LogP contribution >= 0.6 is 0 Å². The standard InChI is InChI=1S/C17H18F3N7O/c18-17(19,20)5-3-12(28)24-10-2-1-7-27(8-10)16-13-11-4-6-21-14(11)25-26-15(13)22-9-23-16/h4,6,9-10H,1-3,5,7-8H2,(H,21,25)(H,24,28). The predicted octanol–water partition coefficient (Wildman–Crippen LogP) is 2.33. The lowest BCUT2D eigenvalue weighted by Crippen LogP contribution is -2.48. The van der Waals surface area contributed by atoms with Gasteiger partial charge in [0.1, 0.15) is 12.1 Å². The molecule has 1 saturated heterocycles. The summed E-state index contributed by atoms with van der Waals surface area (Å²) in [6.45, 7) is 1.17. The summed E-state index contributed by atoms with van der Waals surface area (Å²) in [6.07, 6.45) is -1.35. The number of halogens is 3. The molecule has 148 valence electrons. The number of fused-ring (bicyclic) bond motifs is 3. The van der Waals surface area contributed by atoms with Crippen LogP contribution in [0.25, 0.3) is 22.1 Å². The number of aromatic nitrogens is 5. The normalized spacial score (nSPS) is 18.0. The fourth-order valence-corrected chi connectivity index (χ4v) is 3.51. The molecule has 0 spiro atoms. The smallest absolute Gasteiger partial charge is 0.354 e. The van der Waals surface area contributed by atoms with E-state index in [1.165, 1.54) is 6.33 Å². The van der Waals surface area contributed by atoms with E-state index in [1.54, 1.807) is 6.20 Å². The molecule has 8 nitrogen and oxygen atoms in total. The maximum absolute atomic E-state index is 12.3. The number of rotatable bonds is 4. The van der Waals surface area contributed by atoms with Crippen molar-refractivity contribution in [2.75, 3.05) is 18.0 Å². The van der Waals surface area contributed by atoms with Gasteiger partial charge in [-0.1, -0.05) is 0 Å². The molecule has 0 aliphatic carbocycles. The Hall–Kier alpha value is -2.98. The van der Waals surface area contributed by atoms with Gasteiger partial charge in [-0.05, 0) is 18.9 Å². The third-order valence-electron chi connectivity index (χ3n) is 4.77. The van der Waals surface area contributed by atoms with Gasteiger partial charge in [0.25, 0.3) is 0 Å². The number of amides is 1. The summed E-state index contributed by atoms with van der Waals surface area (Å²) in [5.74, 6) is 0.0920. The fraction of sp³-hybridized carbons (Fsp3) is 0.471. The minimum atomic E-state index is -4.33. The summed E-state index contributed by atoms with van der Waals surface area (Å²) in [7, 11) is 0. The van der Waals surface area contributed by atoms with E-state index in [0.29, 0.717) is 30.1 Å². The van der Waals surface area contributed by atoms with Crippen molar-refractivity contribution in [2.24, 2.45) is 0 Å². The van der Waals surface area contributed by atoms with E-state index in [4.69, 9.17) is 0 Å². The zero-order chi connectivity index (χ0) is 19.7. The number of nitrogens with one attached hydrogen (secondary N) is 2. The molecule has 0 bridgehead atoms. The lowest BCUT2D eigenvalue weighted by Gasteiger charge is -2.34. The first kappa shape index (κ1) is 18.4. The average Bonchev–Trinajstić information content (AvgIpc) is 3.15. The molecule has 1 amide bonds. The number of piperidine rings is 1. The first-order chi connectivity index (χ1) is 13.4. The molecule has 1 aliphatic heterocycles. The Morgan fingerprint density at radius 1 is 1.32 bits per heavy atom. The number of hydrogen-bond donors (Lipinski definition) is 2. The van der Waals surface area contributed by atoms with Gasteiger partial charge in [-0.2, -0.15) is 13.2 Å². The predicted molar refractivity (Wildman–Crippen MR) is 95.7 cm³/mol. The highest BCUT2D eigenvalue weighted by Gasteiger charge is 2.29. The molecular formula is C17H18F3N7O. The first-order valence-electron chi connectivity index (χ1n) is 8.96. The number of anilines is 1. The summed E-state index contributed by atoms with van der Waals surface area (Å²) >= 11 is 0. The molecule has 3 aromatic heterocycles. The minimum absolute atomic E-state index is 0.240. The molecular weight excluding hydrogens is 375 g/mol. The first-order valence-corrected chi connectivity index (χ1v) is 8.96. The van der Waals surface area contributed by atoms with Gasteiger partial charge in [0.05, 0.1) is 11.8 Å². The molecule has 1 fully saturated rings. The van der Waals surface area contributed by atoms with Crippen molar-refractivity contribution in [1.29, 1.82) is 0 Å². The molecule has 4 heterocycles. The Labute approximate surface area is 157 Å². The van der Waals surface area contributed by atoms with Crippen LogP contribution in [0.5, 0.6) is 0 Å². The number of carbonyl (C=O) groups excluding carboxylic acids is 1. The van der Waals surface area contributed by atoms with E-state index in [2.05, 4.69) is 30.5 Å². The number of carbonyl (C=O) groups is 1. The minimum Gasteiger partial charge on any atom is -0.354 e. The number of H-pyrrole nitrogens is 1. The monoisotopic (exact) mass is 393 g/mol. The summed E-state index contributed by atoms with van der Waals surface area (Å²) in [4.78, 5) is 25.5. The Bertz CT molecular complexity index is 1000. The molecule has 1 aliphatic rings. The Morgan fingerprint density at radius 2 is 2.18 bits per heavy atom. The lowest BCUT2D eigenvalue weighted by atomic mass is 10.0. The van der Waals surface area contributed by atoms with Crippen LogP contribution in [-0.4, -0.2) is 56.4 Å². The van der Waals surface area contributed by atoms with Crippen LogP contribution in [0, 0.1) is 0 Å². The largest absolute Gasteiger partial charge is 0.389 e. The molecule has 3 aromatic rings. The van der Waals surface area contributed by atoms with Crippen LogP contribution in [-0.2, 0) is 4.79 Å². The van der Waals surface area contributed by atoms with Crippen molar-refractivity contribution in [3.8, 4) is 0 Å². The van der Waals surface area contributed by atoms with Crippen molar-refractivity contribution in [3.05, 3.63) is 18.6 Å². The van der Waals surface area contributed by atoms with Crippen LogP contribution < -0.4 is 10.2 Å². The summed E-state index contributed by atoms with van der Waals surface area (Å²) in [5.41, 5.74) is 1.09. The second kappa shape index (κ2) is 7.21. The molecule has 4 rings (SSSR count). The third kappa shape index (κ3) is 3.82. The zero-order valence-electron chi connectivity index (χ0n) is 14.8. The summed E-state index contributed by atoms with van der Waals surface area (Å²) < 4.78 is 36.9. The van der Waals surface area contributed by atoms with E-state index >= 15 is 0 Å². The van der Waals surface area contributed by atoms with Gasteiger partial charge < -0.3 is 15.2 Å². The number of alkyl halides is 3. The van der Waals surface area contributed by atoms with Crippen LogP contribution in [0.4, 0.5) is 19.0 Å². The molecule has 11 heteroatoms. The van der Waals surface area contributed by atoms with Crippen molar-refractivity contribution in [1.82, 2.24) is 30.5 Å². The number of hydrogen-bond acceptors (Lipinski definition) is 6. The van der Waals surface area contributed by atoms with Crippen LogP contribution in [0.15, 0.2) is 18.6 Å². The highest BCUT2D eigenvalue weighted by molar-refractivity contribution is 6.07. The zero-order valence-corrected chi connectivity index (χ0v) is 14.8. The Morgan fingerprint density at radius 3 is 3.00 bits per heavy atom. The van der Waals surface area contributed by atoms with Gasteiger partial charge >= 0.3 is 6.18 Å². The van der Waals surface area contributed by atoms with Crippen molar-refractivity contribution in [3.63, 3.8) is 0 Å². The lowest BCUT2D eigenvalue weighted by molar-refractivity contribution is -0.144. The number of aromatic amines is 1. The van der Waals surface area contributed by atoms with E-state index in [0.717, 1.165) is 23.7 Å². The maximum Gasteiger partial charge on any atom is 0.389 e. The van der Waals surface area contributed by atoms with E-state index in [9.17, 15) is 18.0 Å². The van der Waals surface area contributed by atoms with Gasteiger partial charge in [0.15, 0.2) is 11.3 Å². The summed E-state index contributed by atoms with van der Waals surface area (Å²) in [6, 6.07) is 1.63. The van der Waals surface area contributed by atoms with E-state index < -0.39 is 24.9 Å². The van der Waals surface area contributed by atoms with Crippen LogP contribution in [0.1, 0.15) is 25.7 Å². The van der Waals surface area contributed by atoms with Gasteiger partial charge in [-0.25, -0.2) is 9.97 Å². The van der Waals surface area contributed by atoms with Gasteiger partial charge in [-0.3, -0.25) is 4.79 Å². The van der Waals surface area contributed by atoms with Crippen molar-refractivity contribution >= 4 is 33.8 Å². The van der Waals surface area contributed by atoms with Crippen LogP contribution in [0.3, 0.4) is 0 Å². The molecule has 1 atom stereocenters. The Balaban J connectivity index is 1.54. The van der Waals surface area contributed by atoms with Crippen LogP contribution in [0.2, 0.25) is 0 Å². The molecule has 2 N–H and O–H groups in total. The second-order valence-electron chi connectivity index (χ2n) is 6.80. The quantitative estimate of drug-likeness (QED) is 0.706. The van der Waals surface area contributed by atoms with Crippen molar-refractivity contribution < 1.29 is 18.0 Å². The van der Waals surface area contributed by atoms with E-state index in [-0.39, 0.29) is 6.04 Å². The topological polar surface area (TPSA) is 99.7 Å². The third-order valence-corrected chi connectivity index (χ3v) is 4.77. The summed E-state index contributed by atoms with van der Waals surface area (Å²) in [5, 5.41) is 12.5. The fourth-order valence-electron chi connectivity index (χ4n) is 3.51. The SMILES string of the molecule is O=C(CCC(F)(F)F)NC1CCCN(c2ncnc3nnc4[nH]ccc4c23)C1.